The number of carbonyl (C=O) groups is 1. The van der Waals surface area contributed by atoms with Crippen LogP contribution in [0.1, 0.15) is 44.6 Å². The van der Waals surface area contributed by atoms with E-state index in [-0.39, 0.29) is 5.91 Å². The first-order valence-corrected chi connectivity index (χ1v) is 8.60. The molecular weight excluding hydrogens is 306 g/mol. The highest BCUT2D eigenvalue weighted by Gasteiger charge is 2.07. The van der Waals surface area contributed by atoms with Crippen LogP contribution < -0.4 is 5.32 Å². The van der Waals surface area contributed by atoms with Crippen molar-refractivity contribution in [1.29, 1.82) is 0 Å². The van der Waals surface area contributed by atoms with Crippen molar-refractivity contribution < 1.29 is 4.79 Å². The summed E-state index contributed by atoms with van der Waals surface area (Å²) in [4.78, 5) is 11.5. The Morgan fingerprint density at radius 3 is 2.17 bits per heavy atom. The molecule has 0 heterocycles. The maximum atomic E-state index is 11.5. The Hall–Kier alpha value is -1.80. The van der Waals surface area contributed by atoms with Crippen molar-refractivity contribution in [2.24, 2.45) is 0 Å². The normalized spacial score (nSPS) is 12.0. The molecule has 0 aromatic heterocycles. The van der Waals surface area contributed by atoms with E-state index in [1.165, 1.54) is 16.7 Å². The lowest BCUT2D eigenvalue weighted by Gasteiger charge is -2.13. The van der Waals surface area contributed by atoms with E-state index in [2.05, 4.69) is 36.5 Å². The van der Waals surface area contributed by atoms with Crippen LogP contribution in [-0.4, -0.2) is 12.5 Å². The van der Waals surface area contributed by atoms with Crippen LogP contribution in [0.25, 0.3) is 11.1 Å². The molecule has 1 amide bonds. The summed E-state index contributed by atoms with van der Waals surface area (Å²) >= 11 is 5.93. The molecular formula is C20H24ClNO. The van der Waals surface area contributed by atoms with Crippen LogP contribution in [0.3, 0.4) is 0 Å². The second kappa shape index (κ2) is 8.73. The van der Waals surface area contributed by atoms with Gasteiger partial charge >= 0.3 is 0 Å². The summed E-state index contributed by atoms with van der Waals surface area (Å²) in [7, 11) is 0. The summed E-state index contributed by atoms with van der Waals surface area (Å²) in [5.41, 5.74) is 3.65. The van der Waals surface area contributed by atoms with Gasteiger partial charge in [0.05, 0.1) is 0 Å². The molecule has 1 atom stereocenters. The van der Waals surface area contributed by atoms with Gasteiger partial charge in [-0.1, -0.05) is 61.8 Å². The molecule has 0 aliphatic heterocycles. The maximum absolute atomic E-state index is 11.5. The highest BCUT2D eigenvalue weighted by Crippen LogP contribution is 2.25. The molecule has 2 aromatic carbocycles. The van der Waals surface area contributed by atoms with Gasteiger partial charge in [0.2, 0.25) is 5.91 Å². The van der Waals surface area contributed by atoms with E-state index in [0.717, 1.165) is 24.4 Å². The van der Waals surface area contributed by atoms with E-state index in [4.69, 9.17) is 11.6 Å². The molecule has 23 heavy (non-hydrogen) atoms. The largest absolute Gasteiger partial charge is 0.356 e. The minimum atomic E-state index is 0.151. The van der Waals surface area contributed by atoms with Crippen LogP contribution in [-0.2, 0) is 4.79 Å². The van der Waals surface area contributed by atoms with Gasteiger partial charge in [0, 0.05) is 18.0 Å². The van der Waals surface area contributed by atoms with Gasteiger partial charge < -0.3 is 5.32 Å². The van der Waals surface area contributed by atoms with Crippen LogP contribution in [0.5, 0.6) is 0 Å². The van der Waals surface area contributed by atoms with E-state index in [1.54, 1.807) is 0 Å². The third kappa shape index (κ3) is 5.40. The molecule has 2 rings (SSSR count). The van der Waals surface area contributed by atoms with Crippen LogP contribution in [0, 0.1) is 0 Å². The van der Waals surface area contributed by atoms with Crippen molar-refractivity contribution in [2.75, 3.05) is 6.54 Å². The smallest absolute Gasteiger partial charge is 0.219 e. The topological polar surface area (TPSA) is 29.1 Å². The Kier molecular flexibility index (Phi) is 6.66. The van der Waals surface area contributed by atoms with Crippen molar-refractivity contribution in [3.63, 3.8) is 0 Å². The summed E-state index contributed by atoms with van der Waals surface area (Å²) in [6.07, 6.45) is 2.47. The zero-order valence-corrected chi connectivity index (χ0v) is 14.6. The van der Waals surface area contributed by atoms with Crippen molar-refractivity contribution in [1.82, 2.24) is 5.32 Å². The van der Waals surface area contributed by atoms with Gasteiger partial charge in [-0.25, -0.2) is 0 Å². The molecule has 1 N–H and O–H groups in total. The summed E-state index contributed by atoms with van der Waals surface area (Å²) in [5.74, 6) is 0.578. The number of rotatable bonds is 7. The molecule has 0 fully saturated rings. The predicted molar refractivity (Wildman–Crippen MR) is 97.8 cm³/mol. The zero-order chi connectivity index (χ0) is 16.7. The van der Waals surface area contributed by atoms with Crippen molar-refractivity contribution in [2.45, 2.75) is 39.0 Å². The number of benzene rings is 2. The average molecular weight is 330 g/mol. The van der Waals surface area contributed by atoms with Crippen LogP contribution in [0.15, 0.2) is 48.5 Å². The van der Waals surface area contributed by atoms with Gasteiger partial charge in [0.1, 0.15) is 0 Å². The molecule has 3 heteroatoms. The van der Waals surface area contributed by atoms with Crippen molar-refractivity contribution in [3.8, 4) is 11.1 Å². The fraction of sp³-hybridized carbons (Fsp3) is 0.350. The zero-order valence-electron chi connectivity index (χ0n) is 13.8. The number of hydrogen-bond donors (Lipinski definition) is 1. The van der Waals surface area contributed by atoms with Crippen molar-refractivity contribution in [3.05, 3.63) is 59.1 Å². The minimum Gasteiger partial charge on any atom is -0.356 e. The molecule has 0 radical (unpaired) electrons. The second-order valence-corrected chi connectivity index (χ2v) is 6.36. The standard InChI is InChI=1S/C20H24ClNO/c1-3-4-20(23)22-14-13-15(2)16-5-7-17(8-6-16)18-9-11-19(21)12-10-18/h5-12,15H,3-4,13-14H2,1-2H3,(H,22,23). The Balaban J connectivity index is 1.91. The fourth-order valence-electron chi connectivity index (χ4n) is 2.56. The first-order chi connectivity index (χ1) is 11.1. The Bertz CT molecular complexity index is 619. The van der Waals surface area contributed by atoms with E-state index >= 15 is 0 Å². The molecule has 0 spiro atoms. The number of halogens is 1. The Morgan fingerprint density at radius 2 is 1.61 bits per heavy atom. The molecule has 2 nitrogen and oxygen atoms in total. The van der Waals surface area contributed by atoms with Crippen LogP contribution in [0.2, 0.25) is 5.02 Å². The molecule has 0 aliphatic rings. The van der Waals surface area contributed by atoms with Crippen molar-refractivity contribution >= 4 is 17.5 Å². The number of amides is 1. The van der Waals surface area contributed by atoms with Gasteiger partial charge in [-0.05, 0) is 47.6 Å². The highest BCUT2D eigenvalue weighted by molar-refractivity contribution is 6.30. The third-order valence-corrected chi connectivity index (χ3v) is 4.29. The first kappa shape index (κ1) is 17.6. The van der Waals surface area contributed by atoms with Gasteiger partial charge in [-0.3, -0.25) is 4.79 Å². The molecule has 2 aromatic rings. The maximum Gasteiger partial charge on any atom is 0.219 e. The van der Waals surface area contributed by atoms with Gasteiger partial charge in [-0.2, -0.15) is 0 Å². The lowest BCUT2D eigenvalue weighted by atomic mass is 9.95. The lowest BCUT2D eigenvalue weighted by Crippen LogP contribution is -2.24. The van der Waals surface area contributed by atoms with E-state index in [0.29, 0.717) is 12.3 Å². The van der Waals surface area contributed by atoms with Crippen LogP contribution in [0.4, 0.5) is 0 Å². The quantitative estimate of drug-likeness (QED) is 0.722. The first-order valence-electron chi connectivity index (χ1n) is 8.22. The Morgan fingerprint density at radius 1 is 1.04 bits per heavy atom. The molecule has 0 saturated carbocycles. The van der Waals surface area contributed by atoms with Gasteiger partial charge in [-0.15, -0.1) is 0 Å². The van der Waals surface area contributed by atoms with Gasteiger partial charge in [0.25, 0.3) is 0 Å². The summed E-state index contributed by atoms with van der Waals surface area (Å²) in [6.45, 7) is 4.95. The van der Waals surface area contributed by atoms with E-state index < -0.39 is 0 Å². The summed E-state index contributed by atoms with van der Waals surface area (Å²) in [5, 5.41) is 3.73. The fourth-order valence-corrected chi connectivity index (χ4v) is 2.68. The third-order valence-electron chi connectivity index (χ3n) is 4.03. The van der Waals surface area contributed by atoms with E-state index in [1.807, 2.05) is 31.2 Å². The van der Waals surface area contributed by atoms with Crippen LogP contribution >= 0.6 is 11.6 Å². The molecule has 1 unspecified atom stereocenters. The monoisotopic (exact) mass is 329 g/mol. The number of carbonyl (C=O) groups excluding carboxylic acids is 1. The highest BCUT2D eigenvalue weighted by atomic mass is 35.5. The molecule has 0 aliphatic carbocycles. The van der Waals surface area contributed by atoms with Gasteiger partial charge in [0.15, 0.2) is 0 Å². The van der Waals surface area contributed by atoms with E-state index in [9.17, 15) is 4.79 Å². The minimum absolute atomic E-state index is 0.151. The summed E-state index contributed by atoms with van der Waals surface area (Å²) < 4.78 is 0. The predicted octanol–water partition coefficient (Wildman–Crippen LogP) is 5.42. The summed E-state index contributed by atoms with van der Waals surface area (Å²) in [6, 6.07) is 16.5. The number of hydrogen-bond acceptors (Lipinski definition) is 1. The molecule has 122 valence electrons. The molecule has 0 bridgehead atoms. The average Bonchev–Trinajstić information content (AvgIpc) is 2.56. The SMILES string of the molecule is CCCC(=O)NCCC(C)c1ccc(-c2ccc(Cl)cc2)cc1. The lowest BCUT2D eigenvalue weighted by molar-refractivity contribution is -0.121. The Labute approximate surface area is 143 Å². The second-order valence-electron chi connectivity index (χ2n) is 5.92. The number of nitrogens with one attached hydrogen (secondary N) is 1. The molecule has 0 saturated heterocycles.